The summed E-state index contributed by atoms with van der Waals surface area (Å²) in [6.07, 6.45) is 5.26. The van der Waals surface area contributed by atoms with E-state index < -0.39 is 21.6 Å². The van der Waals surface area contributed by atoms with Crippen molar-refractivity contribution in [3.8, 4) is 5.75 Å². The van der Waals surface area contributed by atoms with Crippen LogP contribution < -0.4 is 14.8 Å². The zero-order chi connectivity index (χ0) is 21.8. The van der Waals surface area contributed by atoms with E-state index in [4.69, 9.17) is 4.74 Å². The first-order chi connectivity index (χ1) is 14.2. The average Bonchev–Trinajstić information content (AvgIpc) is 3.37. The monoisotopic (exact) mass is 435 g/mol. The van der Waals surface area contributed by atoms with Crippen LogP contribution in [0, 0.1) is 5.92 Å². The predicted molar refractivity (Wildman–Crippen MR) is 113 cm³/mol. The smallest absolute Gasteiger partial charge is 0.324 e. The number of ether oxygens (including phenoxy) is 1. The van der Waals surface area contributed by atoms with Gasteiger partial charge in [-0.15, -0.1) is 0 Å². The molecule has 1 aromatic carbocycles. The SMILES string of the molecule is CC(C)COc1cccc(C2(NS(=O)(=O)CC/C=C/CN3CC(=O)NC3=O)CC2)c1. The van der Waals surface area contributed by atoms with E-state index in [-0.39, 0.29) is 24.7 Å². The van der Waals surface area contributed by atoms with Gasteiger partial charge >= 0.3 is 6.03 Å². The van der Waals surface area contributed by atoms with E-state index in [2.05, 4.69) is 23.9 Å². The third-order valence-electron chi connectivity index (χ3n) is 4.98. The van der Waals surface area contributed by atoms with Crippen molar-refractivity contribution in [1.29, 1.82) is 0 Å². The van der Waals surface area contributed by atoms with Crippen LogP contribution in [0.2, 0.25) is 0 Å². The predicted octanol–water partition coefficient (Wildman–Crippen LogP) is 2.13. The molecule has 1 aliphatic carbocycles. The lowest BCUT2D eigenvalue weighted by Crippen LogP contribution is -2.36. The summed E-state index contributed by atoms with van der Waals surface area (Å²) in [5.41, 5.74) is 0.376. The number of amides is 3. The zero-order valence-electron chi connectivity index (χ0n) is 17.4. The molecule has 30 heavy (non-hydrogen) atoms. The summed E-state index contributed by atoms with van der Waals surface area (Å²) in [6, 6.07) is 7.20. The number of allylic oxidation sites excluding steroid dienone is 1. The molecule has 1 saturated carbocycles. The Balaban J connectivity index is 1.51. The van der Waals surface area contributed by atoms with Gasteiger partial charge in [-0.3, -0.25) is 10.1 Å². The van der Waals surface area contributed by atoms with E-state index in [1.165, 1.54) is 4.90 Å². The number of carbonyl (C=O) groups is 2. The van der Waals surface area contributed by atoms with Crippen molar-refractivity contribution in [3.63, 3.8) is 0 Å². The van der Waals surface area contributed by atoms with Crippen molar-refractivity contribution in [2.24, 2.45) is 5.92 Å². The summed E-state index contributed by atoms with van der Waals surface area (Å²) in [7, 11) is -3.47. The van der Waals surface area contributed by atoms with Crippen LogP contribution in [0.4, 0.5) is 4.79 Å². The van der Waals surface area contributed by atoms with E-state index in [1.807, 2.05) is 24.3 Å². The number of benzene rings is 1. The Morgan fingerprint density at radius 1 is 1.27 bits per heavy atom. The molecule has 3 amide bonds. The Labute approximate surface area is 177 Å². The van der Waals surface area contributed by atoms with Gasteiger partial charge in [0.15, 0.2) is 0 Å². The van der Waals surface area contributed by atoms with E-state index in [0.29, 0.717) is 18.9 Å². The van der Waals surface area contributed by atoms with Crippen molar-refractivity contribution in [3.05, 3.63) is 42.0 Å². The number of sulfonamides is 1. The van der Waals surface area contributed by atoms with Crippen LogP contribution in [0.1, 0.15) is 38.7 Å². The number of carbonyl (C=O) groups excluding carboxylic acids is 2. The molecule has 3 rings (SSSR count). The lowest BCUT2D eigenvalue weighted by Gasteiger charge is -2.19. The molecule has 164 valence electrons. The molecule has 0 bridgehead atoms. The van der Waals surface area contributed by atoms with Gasteiger partial charge in [-0.25, -0.2) is 17.9 Å². The third-order valence-corrected chi connectivity index (χ3v) is 6.46. The van der Waals surface area contributed by atoms with Crippen molar-refractivity contribution in [2.45, 2.75) is 38.6 Å². The number of hydrogen-bond donors (Lipinski definition) is 2. The number of nitrogens with one attached hydrogen (secondary N) is 2. The van der Waals surface area contributed by atoms with Gasteiger partial charge < -0.3 is 9.64 Å². The first-order valence-corrected chi connectivity index (χ1v) is 11.8. The number of imide groups is 1. The highest BCUT2D eigenvalue weighted by Gasteiger charge is 2.47. The molecule has 0 radical (unpaired) electrons. The van der Waals surface area contributed by atoms with E-state index in [9.17, 15) is 18.0 Å². The number of urea groups is 1. The lowest BCUT2D eigenvalue weighted by atomic mass is 10.1. The maximum absolute atomic E-state index is 12.6. The summed E-state index contributed by atoms with van der Waals surface area (Å²) in [5, 5.41) is 2.20. The second kappa shape index (κ2) is 9.18. The van der Waals surface area contributed by atoms with Crippen molar-refractivity contribution >= 4 is 22.0 Å². The van der Waals surface area contributed by atoms with Crippen LogP contribution in [0.5, 0.6) is 5.75 Å². The molecule has 0 atom stereocenters. The quantitative estimate of drug-likeness (QED) is 0.409. The molecule has 2 N–H and O–H groups in total. The minimum atomic E-state index is -3.47. The molecule has 1 aromatic rings. The zero-order valence-corrected chi connectivity index (χ0v) is 18.2. The third kappa shape index (κ3) is 6.06. The molecule has 9 heteroatoms. The van der Waals surface area contributed by atoms with E-state index in [1.54, 1.807) is 12.2 Å². The molecule has 0 spiro atoms. The van der Waals surface area contributed by atoms with Crippen LogP contribution in [0.15, 0.2) is 36.4 Å². The van der Waals surface area contributed by atoms with Crippen molar-refractivity contribution in [2.75, 3.05) is 25.4 Å². The fourth-order valence-corrected chi connectivity index (χ4v) is 4.71. The van der Waals surface area contributed by atoms with Crippen LogP contribution >= 0.6 is 0 Å². The molecule has 1 heterocycles. The average molecular weight is 436 g/mol. The van der Waals surface area contributed by atoms with Gasteiger partial charge in [0.25, 0.3) is 0 Å². The van der Waals surface area contributed by atoms with Gasteiger partial charge in [-0.2, -0.15) is 0 Å². The fourth-order valence-electron chi connectivity index (χ4n) is 3.24. The summed E-state index contributed by atoms with van der Waals surface area (Å²) in [5.74, 6) is 0.794. The van der Waals surface area contributed by atoms with Crippen LogP contribution in [-0.4, -0.2) is 50.7 Å². The highest BCUT2D eigenvalue weighted by Crippen LogP contribution is 2.46. The Morgan fingerprint density at radius 3 is 2.67 bits per heavy atom. The maximum atomic E-state index is 12.6. The van der Waals surface area contributed by atoms with Gasteiger partial charge in [0.2, 0.25) is 15.9 Å². The number of rotatable bonds is 11. The number of nitrogens with zero attached hydrogens (tertiary/aromatic N) is 1. The summed E-state index contributed by atoms with van der Waals surface area (Å²) >= 11 is 0. The van der Waals surface area contributed by atoms with Gasteiger partial charge in [-0.1, -0.05) is 38.1 Å². The Morgan fingerprint density at radius 2 is 2.03 bits per heavy atom. The molecule has 2 fully saturated rings. The molecule has 1 aliphatic heterocycles. The van der Waals surface area contributed by atoms with E-state index >= 15 is 0 Å². The first kappa shape index (κ1) is 22.3. The summed E-state index contributed by atoms with van der Waals surface area (Å²) < 4.78 is 33.8. The first-order valence-electron chi connectivity index (χ1n) is 10.2. The maximum Gasteiger partial charge on any atom is 0.324 e. The van der Waals surface area contributed by atoms with Crippen LogP contribution in [-0.2, 0) is 20.4 Å². The molecule has 1 saturated heterocycles. The Hall–Kier alpha value is -2.39. The molecular formula is C21H29N3O5S. The minimum Gasteiger partial charge on any atom is -0.493 e. The normalized spacial score (nSPS) is 18.3. The summed E-state index contributed by atoms with van der Waals surface area (Å²) in [4.78, 5) is 23.9. The van der Waals surface area contributed by atoms with Crippen molar-refractivity contribution < 1.29 is 22.7 Å². The Bertz CT molecular complexity index is 922. The second-order valence-corrected chi connectivity index (χ2v) is 10.1. The highest BCUT2D eigenvalue weighted by atomic mass is 32.2. The van der Waals surface area contributed by atoms with Crippen molar-refractivity contribution in [1.82, 2.24) is 14.9 Å². The van der Waals surface area contributed by atoms with Gasteiger partial charge in [-0.05, 0) is 42.9 Å². The van der Waals surface area contributed by atoms with Gasteiger partial charge in [0.05, 0.1) is 17.9 Å². The largest absolute Gasteiger partial charge is 0.493 e. The molecule has 8 nitrogen and oxygen atoms in total. The molecular weight excluding hydrogens is 406 g/mol. The topological polar surface area (TPSA) is 105 Å². The van der Waals surface area contributed by atoms with Crippen LogP contribution in [0.3, 0.4) is 0 Å². The molecule has 0 unspecified atom stereocenters. The van der Waals surface area contributed by atoms with Gasteiger partial charge in [0.1, 0.15) is 12.3 Å². The fraction of sp³-hybridized carbons (Fsp3) is 0.524. The molecule has 0 aromatic heterocycles. The standard InChI is InChI=1S/C21H29N3O5S/c1-16(2)15-29-18-8-6-7-17(13-18)21(9-10-21)23-30(27,28)12-5-3-4-11-24-14-19(25)22-20(24)26/h3-4,6-8,13,16,23H,5,9-12,14-15H2,1-2H3,(H,22,25,26)/b4-3+. The van der Waals surface area contributed by atoms with E-state index in [0.717, 1.165) is 24.2 Å². The lowest BCUT2D eigenvalue weighted by molar-refractivity contribution is -0.118. The Kier molecular flexibility index (Phi) is 6.82. The minimum absolute atomic E-state index is 0.0332. The highest BCUT2D eigenvalue weighted by molar-refractivity contribution is 7.89. The van der Waals surface area contributed by atoms with Crippen LogP contribution in [0.25, 0.3) is 0 Å². The summed E-state index contributed by atoms with van der Waals surface area (Å²) in [6.45, 7) is 5.08. The van der Waals surface area contributed by atoms with Gasteiger partial charge in [0, 0.05) is 6.54 Å². The number of hydrogen-bond acceptors (Lipinski definition) is 5. The molecule has 2 aliphatic rings. The second-order valence-electron chi connectivity index (χ2n) is 8.23.